The van der Waals surface area contributed by atoms with Gasteiger partial charge in [0.1, 0.15) is 5.78 Å². The molecule has 4 heteroatoms. The number of allylic oxidation sites excluding steroid dienone is 1. The normalized spacial score (nSPS) is 15.2. The lowest BCUT2D eigenvalue weighted by atomic mass is 9.88. The summed E-state index contributed by atoms with van der Waals surface area (Å²) in [5.41, 5.74) is 1.41. The minimum absolute atomic E-state index is 0.212. The number of rotatable bonds is 7. The van der Waals surface area contributed by atoms with Gasteiger partial charge in [0.05, 0.1) is 26.7 Å². The summed E-state index contributed by atoms with van der Waals surface area (Å²) < 4.78 is 16.1. The first-order valence-electron chi connectivity index (χ1n) is 6.96. The molecule has 0 atom stereocenters. The zero-order valence-corrected chi connectivity index (χ0v) is 13.1. The van der Waals surface area contributed by atoms with Gasteiger partial charge in [-0.05, 0) is 37.5 Å². The van der Waals surface area contributed by atoms with Crippen LogP contribution >= 0.6 is 0 Å². The predicted molar refractivity (Wildman–Crippen MR) is 81.4 cm³/mol. The second-order valence-electron chi connectivity index (χ2n) is 5.55. The number of hydrogen-bond acceptors (Lipinski definition) is 4. The maximum absolute atomic E-state index is 12.5. The van der Waals surface area contributed by atoms with Crippen molar-refractivity contribution in [2.24, 2.45) is 0 Å². The largest absolute Gasteiger partial charge is 0.493 e. The number of hydrogen-bond donors (Lipinski definition) is 0. The third kappa shape index (κ3) is 2.75. The predicted octanol–water partition coefficient (Wildman–Crippen LogP) is 3.28. The summed E-state index contributed by atoms with van der Waals surface area (Å²) in [6.45, 7) is 5.71. The van der Waals surface area contributed by atoms with E-state index in [0.29, 0.717) is 23.7 Å². The number of Topliss-reactive ketones (excluding diaryl/α,β-unsaturated/α-hetero) is 1. The molecule has 114 valence electrons. The lowest BCUT2D eigenvalue weighted by Gasteiger charge is -2.19. The quantitative estimate of drug-likeness (QED) is 0.723. The van der Waals surface area contributed by atoms with Gasteiger partial charge in [-0.2, -0.15) is 0 Å². The highest BCUT2D eigenvalue weighted by molar-refractivity contribution is 5.94. The van der Waals surface area contributed by atoms with Crippen LogP contribution in [0.1, 0.15) is 31.7 Å². The molecular weight excluding hydrogens is 268 g/mol. The van der Waals surface area contributed by atoms with E-state index in [9.17, 15) is 4.79 Å². The standard InChI is InChI=1S/C17H22O4/c1-11(2)8-15(18)17(6-7-17)12-9-13(19-3)16(21-5)14(10-12)20-4/h9-10H,1,6-8H2,2-5H3. The van der Waals surface area contributed by atoms with Gasteiger partial charge in [-0.3, -0.25) is 4.79 Å². The van der Waals surface area contributed by atoms with Crippen molar-refractivity contribution in [2.75, 3.05) is 21.3 Å². The summed E-state index contributed by atoms with van der Waals surface area (Å²) >= 11 is 0. The van der Waals surface area contributed by atoms with E-state index in [-0.39, 0.29) is 5.78 Å². The average molecular weight is 290 g/mol. The molecule has 4 nitrogen and oxygen atoms in total. The minimum atomic E-state index is -0.411. The van der Waals surface area contributed by atoms with Gasteiger partial charge >= 0.3 is 0 Å². The van der Waals surface area contributed by atoms with E-state index < -0.39 is 5.41 Å². The van der Waals surface area contributed by atoms with Crippen LogP contribution in [0, 0.1) is 0 Å². The van der Waals surface area contributed by atoms with Gasteiger partial charge in [-0.15, -0.1) is 0 Å². The molecule has 1 aromatic carbocycles. The molecule has 0 bridgehead atoms. The monoisotopic (exact) mass is 290 g/mol. The maximum Gasteiger partial charge on any atom is 0.203 e. The van der Waals surface area contributed by atoms with Crippen LogP contribution in [-0.4, -0.2) is 27.1 Å². The molecule has 0 N–H and O–H groups in total. The van der Waals surface area contributed by atoms with E-state index in [1.54, 1.807) is 21.3 Å². The molecule has 1 saturated carbocycles. The van der Waals surface area contributed by atoms with Crippen molar-refractivity contribution in [1.29, 1.82) is 0 Å². The molecule has 0 amide bonds. The number of methoxy groups -OCH3 is 3. The Balaban J connectivity index is 2.45. The van der Waals surface area contributed by atoms with Crippen LogP contribution in [0.2, 0.25) is 0 Å². The van der Waals surface area contributed by atoms with Crippen molar-refractivity contribution < 1.29 is 19.0 Å². The molecule has 0 aliphatic heterocycles. The fraction of sp³-hybridized carbons (Fsp3) is 0.471. The Hall–Kier alpha value is -1.97. The van der Waals surface area contributed by atoms with E-state index in [1.165, 1.54) is 0 Å². The van der Waals surface area contributed by atoms with Crippen molar-refractivity contribution in [3.63, 3.8) is 0 Å². The van der Waals surface area contributed by atoms with Crippen LogP contribution in [0.15, 0.2) is 24.3 Å². The maximum atomic E-state index is 12.5. The minimum Gasteiger partial charge on any atom is -0.493 e. The molecule has 1 aromatic rings. The van der Waals surface area contributed by atoms with Crippen molar-refractivity contribution in [3.05, 3.63) is 29.8 Å². The first-order valence-corrected chi connectivity index (χ1v) is 6.96. The van der Waals surface area contributed by atoms with E-state index in [2.05, 4.69) is 6.58 Å². The smallest absolute Gasteiger partial charge is 0.203 e. The molecule has 0 aromatic heterocycles. The molecule has 0 radical (unpaired) electrons. The number of benzene rings is 1. The second-order valence-corrected chi connectivity index (χ2v) is 5.55. The highest BCUT2D eigenvalue weighted by Crippen LogP contribution is 2.53. The van der Waals surface area contributed by atoms with Gasteiger partial charge in [-0.1, -0.05) is 12.2 Å². The molecule has 0 spiro atoms. The Morgan fingerprint density at radius 1 is 1.14 bits per heavy atom. The topological polar surface area (TPSA) is 44.8 Å². The Bertz CT molecular complexity index is 545. The summed E-state index contributed by atoms with van der Waals surface area (Å²) in [5, 5.41) is 0. The van der Waals surface area contributed by atoms with Crippen molar-refractivity contribution in [1.82, 2.24) is 0 Å². The van der Waals surface area contributed by atoms with Crippen LogP contribution in [-0.2, 0) is 10.2 Å². The highest BCUT2D eigenvalue weighted by atomic mass is 16.5. The van der Waals surface area contributed by atoms with Crippen LogP contribution in [0.5, 0.6) is 17.2 Å². The SMILES string of the molecule is C=C(C)CC(=O)C1(c2cc(OC)c(OC)c(OC)c2)CC1. The van der Waals surface area contributed by atoms with Gasteiger partial charge < -0.3 is 14.2 Å². The average Bonchev–Trinajstić information content (AvgIpc) is 3.26. The van der Waals surface area contributed by atoms with E-state index >= 15 is 0 Å². The molecule has 1 aliphatic carbocycles. The molecule has 0 unspecified atom stereocenters. The number of carbonyl (C=O) groups is 1. The van der Waals surface area contributed by atoms with Gasteiger partial charge in [0.15, 0.2) is 11.5 Å². The van der Waals surface area contributed by atoms with Crippen LogP contribution in [0.3, 0.4) is 0 Å². The summed E-state index contributed by atoms with van der Waals surface area (Å²) in [6.07, 6.45) is 2.13. The van der Waals surface area contributed by atoms with Gasteiger partial charge in [0, 0.05) is 6.42 Å². The molecule has 1 aliphatic rings. The van der Waals surface area contributed by atoms with Gasteiger partial charge in [0.25, 0.3) is 0 Å². The fourth-order valence-corrected chi connectivity index (χ4v) is 2.65. The Kier molecular flexibility index (Phi) is 4.26. The fourth-order valence-electron chi connectivity index (χ4n) is 2.65. The van der Waals surface area contributed by atoms with E-state index in [0.717, 1.165) is 24.0 Å². The van der Waals surface area contributed by atoms with E-state index in [4.69, 9.17) is 14.2 Å². The van der Waals surface area contributed by atoms with Crippen LogP contribution < -0.4 is 14.2 Å². The zero-order valence-electron chi connectivity index (χ0n) is 13.1. The van der Waals surface area contributed by atoms with Gasteiger partial charge in [-0.25, -0.2) is 0 Å². The first-order chi connectivity index (χ1) is 9.98. The number of ether oxygens (including phenoxy) is 3. The Labute approximate surface area is 125 Å². The van der Waals surface area contributed by atoms with Crippen molar-refractivity contribution in [2.45, 2.75) is 31.6 Å². The Morgan fingerprint density at radius 2 is 1.67 bits per heavy atom. The van der Waals surface area contributed by atoms with Crippen molar-refractivity contribution in [3.8, 4) is 17.2 Å². The first kappa shape index (κ1) is 15.4. The number of carbonyl (C=O) groups excluding carboxylic acids is 1. The molecule has 21 heavy (non-hydrogen) atoms. The highest BCUT2D eigenvalue weighted by Gasteiger charge is 2.51. The Morgan fingerprint density at radius 3 is 2.00 bits per heavy atom. The molecule has 1 fully saturated rings. The van der Waals surface area contributed by atoms with Gasteiger partial charge in [0.2, 0.25) is 5.75 Å². The lowest BCUT2D eigenvalue weighted by Crippen LogP contribution is -2.20. The van der Waals surface area contributed by atoms with E-state index in [1.807, 2.05) is 19.1 Å². The van der Waals surface area contributed by atoms with Crippen molar-refractivity contribution >= 4 is 5.78 Å². The third-order valence-corrected chi connectivity index (χ3v) is 3.96. The zero-order chi connectivity index (χ0) is 15.6. The summed E-state index contributed by atoms with van der Waals surface area (Å²) in [5.74, 6) is 1.93. The summed E-state index contributed by atoms with van der Waals surface area (Å²) in [6, 6.07) is 3.76. The van der Waals surface area contributed by atoms with Crippen LogP contribution in [0.4, 0.5) is 0 Å². The molecule has 0 saturated heterocycles. The number of ketones is 1. The summed E-state index contributed by atoms with van der Waals surface area (Å²) in [7, 11) is 4.73. The molecule has 2 rings (SSSR count). The molecular formula is C17H22O4. The third-order valence-electron chi connectivity index (χ3n) is 3.96. The van der Waals surface area contributed by atoms with Crippen LogP contribution in [0.25, 0.3) is 0 Å². The lowest BCUT2D eigenvalue weighted by molar-refractivity contribution is -0.120. The molecule has 0 heterocycles. The second kappa shape index (κ2) is 5.80. The summed E-state index contributed by atoms with van der Waals surface area (Å²) in [4.78, 5) is 12.5.